The fourth-order valence-electron chi connectivity index (χ4n) is 3.80. The van der Waals surface area contributed by atoms with Crippen LogP contribution in [-0.4, -0.2) is 40.7 Å². The lowest BCUT2D eigenvalue weighted by atomic mass is 10.1. The van der Waals surface area contributed by atoms with Crippen LogP contribution in [0.4, 0.5) is 27.8 Å². The number of urea groups is 1. The fraction of sp³-hybridized carbons (Fsp3) is 0.0800. The molecule has 2 amide bonds. The molecule has 6 rings (SSSR count). The maximum atomic E-state index is 12.4. The number of ether oxygens (including phenoxy) is 1. The van der Waals surface area contributed by atoms with Gasteiger partial charge in [-0.05, 0) is 55.8 Å². The zero-order valence-corrected chi connectivity index (χ0v) is 20.2. The molecule has 4 aromatic heterocycles. The van der Waals surface area contributed by atoms with Gasteiger partial charge in [-0.1, -0.05) is 5.16 Å². The first kappa shape index (κ1) is 22.8. The van der Waals surface area contributed by atoms with Crippen molar-refractivity contribution < 1.29 is 14.1 Å². The first-order valence-corrected chi connectivity index (χ1v) is 11.5. The predicted molar refractivity (Wildman–Crippen MR) is 139 cm³/mol. The zero-order chi connectivity index (χ0) is 26.1. The lowest BCUT2D eigenvalue weighted by molar-refractivity contribution is 0.262. The van der Waals surface area contributed by atoms with Gasteiger partial charge in [0.2, 0.25) is 5.88 Å². The second-order valence-corrected chi connectivity index (χ2v) is 8.39. The summed E-state index contributed by atoms with van der Waals surface area (Å²) in [7, 11) is 0. The molecule has 0 aliphatic rings. The standard InChI is InChI=1S/C25H20N10O3/c1-14-7-16(4-6-20(14)37-23-10-22-33-29-13-35(22)12-28-23)30-24-18-9-17(3-5-19(18)26-11-27-24)31-25(36)32-21-8-15(2)38-34-21/h3-13H,1-2H3,(H,26,27,30)(H2,31,32,34,36). The van der Waals surface area contributed by atoms with Crippen molar-refractivity contribution in [3.05, 3.63) is 78.8 Å². The summed E-state index contributed by atoms with van der Waals surface area (Å²) in [6, 6.07) is 13.9. The van der Waals surface area contributed by atoms with E-state index in [1.807, 2.05) is 25.1 Å². The van der Waals surface area contributed by atoms with Gasteiger partial charge in [0.05, 0.1) is 5.52 Å². The number of nitrogens with one attached hydrogen (secondary N) is 3. The van der Waals surface area contributed by atoms with Gasteiger partial charge in [-0.25, -0.2) is 19.7 Å². The van der Waals surface area contributed by atoms with Gasteiger partial charge in [0.25, 0.3) is 0 Å². The van der Waals surface area contributed by atoms with Crippen LogP contribution in [0.5, 0.6) is 11.6 Å². The first-order chi connectivity index (χ1) is 18.5. The van der Waals surface area contributed by atoms with Crippen LogP contribution < -0.4 is 20.7 Å². The third-order valence-corrected chi connectivity index (χ3v) is 5.58. The van der Waals surface area contributed by atoms with Gasteiger partial charge < -0.3 is 19.9 Å². The van der Waals surface area contributed by atoms with Crippen molar-refractivity contribution in [2.24, 2.45) is 0 Å². The Morgan fingerprint density at radius 1 is 0.947 bits per heavy atom. The number of fused-ring (bicyclic) bond motifs is 2. The summed E-state index contributed by atoms with van der Waals surface area (Å²) in [4.78, 5) is 25.4. The van der Waals surface area contributed by atoms with E-state index in [0.717, 1.165) is 16.6 Å². The number of nitrogens with zero attached hydrogens (tertiary/aromatic N) is 7. The molecular formula is C25H20N10O3. The van der Waals surface area contributed by atoms with Crippen LogP contribution in [0, 0.1) is 13.8 Å². The Labute approximate surface area is 214 Å². The van der Waals surface area contributed by atoms with E-state index >= 15 is 0 Å². The van der Waals surface area contributed by atoms with Gasteiger partial charge in [-0.2, -0.15) is 0 Å². The second-order valence-electron chi connectivity index (χ2n) is 8.39. The second kappa shape index (κ2) is 9.46. The molecule has 0 aliphatic heterocycles. The molecule has 13 nitrogen and oxygen atoms in total. The van der Waals surface area contributed by atoms with Crippen LogP contribution in [-0.2, 0) is 0 Å². The van der Waals surface area contributed by atoms with E-state index in [1.165, 1.54) is 6.33 Å². The minimum atomic E-state index is -0.451. The molecule has 0 unspecified atom stereocenters. The monoisotopic (exact) mass is 508 g/mol. The highest BCUT2D eigenvalue weighted by atomic mass is 16.5. The molecule has 0 saturated carbocycles. The van der Waals surface area contributed by atoms with Crippen LogP contribution >= 0.6 is 0 Å². The number of benzene rings is 2. The van der Waals surface area contributed by atoms with E-state index in [4.69, 9.17) is 9.26 Å². The van der Waals surface area contributed by atoms with Gasteiger partial charge in [-0.3, -0.25) is 9.72 Å². The number of amides is 2. The van der Waals surface area contributed by atoms with Crippen LogP contribution in [0.25, 0.3) is 16.6 Å². The van der Waals surface area contributed by atoms with Crippen molar-refractivity contribution in [3.63, 3.8) is 0 Å². The molecule has 0 aliphatic carbocycles. The number of hydrogen-bond donors (Lipinski definition) is 3. The van der Waals surface area contributed by atoms with Gasteiger partial charge in [0.15, 0.2) is 11.5 Å². The van der Waals surface area contributed by atoms with Gasteiger partial charge in [-0.15, -0.1) is 10.2 Å². The third kappa shape index (κ3) is 4.75. The van der Waals surface area contributed by atoms with Crippen molar-refractivity contribution in [2.45, 2.75) is 13.8 Å². The highest BCUT2D eigenvalue weighted by Gasteiger charge is 2.11. The van der Waals surface area contributed by atoms with E-state index < -0.39 is 6.03 Å². The number of carbonyl (C=O) groups is 1. The van der Waals surface area contributed by atoms with Crippen molar-refractivity contribution in [1.82, 2.24) is 34.7 Å². The number of carbonyl (C=O) groups excluding carboxylic acids is 1. The minimum Gasteiger partial charge on any atom is -0.439 e. The van der Waals surface area contributed by atoms with E-state index in [0.29, 0.717) is 45.9 Å². The molecule has 3 N–H and O–H groups in total. The van der Waals surface area contributed by atoms with Crippen LogP contribution in [0.15, 0.2) is 72.0 Å². The largest absolute Gasteiger partial charge is 0.439 e. The van der Waals surface area contributed by atoms with Crippen molar-refractivity contribution in [2.75, 3.05) is 16.0 Å². The molecule has 0 fully saturated rings. The summed E-state index contributed by atoms with van der Waals surface area (Å²) >= 11 is 0. The number of aryl methyl sites for hydroxylation is 2. The Bertz CT molecular complexity index is 1800. The Hall–Kier alpha value is -5.59. The number of hydrogen-bond acceptors (Lipinski definition) is 10. The Balaban J connectivity index is 1.20. The highest BCUT2D eigenvalue weighted by Crippen LogP contribution is 2.30. The first-order valence-electron chi connectivity index (χ1n) is 11.5. The topological polar surface area (TPSA) is 157 Å². The molecule has 0 spiro atoms. The molecule has 0 bridgehead atoms. The van der Waals surface area contributed by atoms with Gasteiger partial charge in [0, 0.05) is 28.9 Å². The van der Waals surface area contributed by atoms with E-state index in [9.17, 15) is 4.79 Å². The smallest absolute Gasteiger partial charge is 0.324 e. The average molecular weight is 509 g/mol. The van der Waals surface area contributed by atoms with Crippen molar-refractivity contribution in [1.29, 1.82) is 0 Å². The van der Waals surface area contributed by atoms with Gasteiger partial charge >= 0.3 is 6.03 Å². The average Bonchev–Trinajstić information content (AvgIpc) is 3.54. The van der Waals surface area contributed by atoms with E-state index in [2.05, 4.69) is 46.3 Å². The molecule has 2 aromatic carbocycles. The van der Waals surface area contributed by atoms with Crippen LogP contribution in [0.2, 0.25) is 0 Å². The molecule has 0 saturated heterocycles. The zero-order valence-electron chi connectivity index (χ0n) is 20.2. The lowest BCUT2D eigenvalue weighted by Gasteiger charge is -2.13. The molecule has 38 heavy (non-hydrogen) atoms. The molecule has 188 valence electrons. The van der Waals surface area contributed by atoms with Crippen LogP contribution in [0.3, 0.4) is 0 Å². The fourth-order valence-corrected chi connectivity index (χ4v) is 3.80. The summed E-state index contributed by atoms with van der Waals surface area (Å²) in [5.74, 6) is 2.57. The normalized spacial score (nSPS) is 11.0. The lowest BCUT2D eigenvalue weighted by Crippen LogP contribution is -2.19. The van der Waals surface area contributed by atoms with E-state index in [-0.39, 0.29) is 0 Å². The quantitative estimate of drug-likeness (QED) is 0.284. The van der Waals surface area contributed by atoms with Crippen LogP contribution in [0.1, 0.15) is 11.3 Å². The summed E-state index contributed by atoms with van der Waals surface area (Å²) in [6.07, 6.45) is 4.65. The Morgan fingerprint density at radius 3 is 2.68 bits per heavy atom. The number of rotatable bonds is 6. The number of anilines is 4. The minimum absolute atomic E-state index is 0.323. The van der Waals surface area contributed by atoms with E-state index in [1.54, 1.807) is 54.3 Å². The SMILES string of the molecule is Cc1cc(NC(=O)Nc2ccc3ncnc(Nc4ccc(Oc5cc6nncn6cn5)c(C)c4)c3c2)no1. The summed E-state index contributed by atoms with van der Waals surface area (Å²) in [5, 5.41) is 21.1. The molecular weight excluding hydrogens is 488 g/mol. The van der Waals surface area contributed by atoms with Gasteiger partial charge in [0.1, 0.15) is 36.3 Å². The van der Waals surface area contributed by atoms with Crippen molar-refractivity contribution in [3.8, 4) is 11.6 Å². The molecule has 0 radical (unpaired) electrons. The Kier molecular flexibility index (Phi) is 5.69. The Morgan fingerprint density at radius 2 is 1.84 bits per heavy atom. The third-order valence-electron chi connectivity index (χ3n) is 5.58. The number of aromatic nitrogens is 7. The molecule has 4 heterocycles. The molecule has 13 heteroatoms. The maximum Gasteiger partial charge on any atom is 0.324 e. The predicted octanol–water partition coefficient (Wildman–Crippen LogP) is 4.85. The molecule has 0 atom stereocenters. The highest BCUT2D eigenvalue weighted by molar-refractivity contribution is 6.01. The summed E-state index contributed by atoms with van der Waals surface area (Å²) in [6.45, 7) is 3.68. The molecule has 6 aromatic rings. The van der Waals surface area contributed by atoms with Crippen molar-refractivity contribution >= 4 is 45.6 Å². The summed E-state index contributed by atoms with van der Waals surface area (Å²) in [5.41, 5.74) is 3.60. The summed E-state index contributed by atoms with van der Waals surface area (Å²) < 4.78 is 12.6. The maximum absolute atomic E-state index is 12.4.